The molecule has 0 saturated heterocycles. The summed E-state index contributed by atoms with van der Waals surface area (Å²) in [6.07, 6.45) is 1.90. The van der Waals surface area contributed by atoms with E-state index in [1.54, 1.807) is 72.8 Å². The van der Waals surface area contributed by atoms with E-state index < -0.39 is 41.8 Å². The van der Waals surface area contributed by atoms with Crippen molar-refractivity contribution in [3.63, 3.8) is 0 Å². The quantitative estimate of drug-likeness (QED) is 0.0696. The number of fused-ring (bicyclic) bond motifs is 2. The summed E-state index contributed by atoms with van der Waals surface area (Å²) in [6.45, 7) is 3.83. The van der Waals surface area contributed by atoms with E-state index in [0.717, 1.165) is 0 Å². The van der Waals surface area contributed by atoms with E-state index >= 15 is 0 Å². The molecule has 4 aromatic rings. The fourth-order valence-electron chi connectivity index (χ4n) is 8.37. The van der Waals surface area contributed by atoms with Crippen molar-refractivity contribution >= 4 is 43.1 Å². The van der Waals surface area contributed by atoms with E-state index in [-0.39, 0.29) is 56.2 Å². The number of nitrogens with zero attached hydrogens (tertiary/aromatic N) is 2. The van der Waals surface area contributed by atoms with Crippen LogP contribution in [0, 0.1) is 10.8 Å². The summed E-state index contributed by atoms with van der Waals surface area (Å²) in [4.78, 5) is 0. The summed E-state index contributed by atoms with van der Waals surface area (Å²) in [5.41, 5.74) is 16.1. The summed E-state index contributed by atoms with van der Waals surface area (Å²) in [5.74, 6) is 11.4. The second kappa shape index (κ2) is 14.0. The molecule has 54 heavy (non-hydrogen) atoms. The maximum absolute atomic E-state index is 13.8. The van der Waals surface area contributed by atoms with Crippen LogP contribution in [-0.4, -0.2) is 60.9 Å². The van der Waals surface area contributed by atoms with Gasteiger partial charge in [0.25, 0.3) is 20.2 Å². The van der Waals surface area contributed by atoms with E-state index in [1.807, 2.05) is 13.8 Å². The molecule has 282 valence electrons. The third-order valence-electron chi connectivity index (χ3n) is 10.6. The van der Waals surface area contributed by atoms with Crippen molar-refractivity contribution in [2.75, 3.05) is 0 Å². The number of aryl methyl sites for hydroxylation is 2. The molecule has 0 amide bonds. The van der Waals surface area contributed by atoms with Gasteiger partial charge in [-0.3, -0.25) is 19.9 Å². The number of rotatable bonds is 9. The molecule has 16 heteroatoms. The maximum atomic E-state index is 13.8. The highest BCUT2D eigenvalue weighted by molar-refractivity contribution is 7.87. The number of benzene rings is 4. The number of nitrogens with one attached hydrogen (secondary N) is 2. The molecule has 4 aromatic carbocycles. The van der Waals surface area contributed by atoms with Crippen LogP contribution in [0.3, 0.4) is 0 Å². The van der Waals surface area contributed by atoms with Crippen molar-refractivity contribution in [3.8, 4) is 11.1 Å². The molecule has 6 rings (SSSR count). The summed E-state index contributed by atoms with van der Waals surface area (Å²) < 4.78 is 72.8. The van der Waals surface area contributed by atoms with Gasteiger partial charge in [-0.25, -0.2) is 0 Å². The fourth-order valence-corrected chi connectivity index (χ4v) is 11.1. The minimum atomic E-state index is -5.07. The van der Waals surface area contributed by atoms with Gasteiger partial charge in [-0.2, -0.15) is 27.0 Å². The lowest BCUT2D eigenvalue weighted by molar-refractivity contribution is 0.433. The monoisotopic (exact) mass is 770 g/mol. The Morgan fingerprint density at radius 3 is 1.28 bits per heavy atom. The highest BCUT2D eigenvalue weighted by atomic mass is 32.2. The highest BCUT2D eigenvalue weighted by Gasteiger charge is 2.60. The molecule has 0 heterocycles. The third-order valence-corrected chi connectivity index (χ3v) is 13.7. The molecule has 0 spiro atoms. The third kappa shape index (κ3) is 5.43. The molecule has 0 radical (unpaired) electrons. The average molecular weight is 771 g/mol. The second-order valence-electron chi connectivity index (χ2n) is 13.5. The zero-order valence-electron chi connectivity index (χ0n) is 29.6. The normalized spacial score (nSPS) is 24.4. The van der Waals surface area contributed by atoms with Gasteiger partial charge in [0, 0.05) is 11.1 Å². The summed E-state index contributed by atoms with van der Waals surface area (Å²) >= 11 is 0. The van der Waals surface area contributed by atoms with Gasteiger partial charge in [-0.15, -0.1) is 0 Å². The van der Waals surface area contributed by atoms with Gasteiger partial charge in [0.05, 0.1) is 23.5 Å². The number of nitrogens with two attached hydrogens (primary N) is 4. The van der Waals surface area contributed by atoms with Crippen molar-refractivity contribution in [2.24, 2.45) is 33.4 Å². The van der Waals surface area contributed by atoms with Crippen LogP contribution >= 0.6 is 0 Å². The lowest BCUT2D eigenvalue weighted by Gasteiger charge is -2.43. The first kappa shape index (κ1) is 38.6. The maximum Gasteiger partial charge on any atom is 0.281 e. The van der Waals surface area contributed by atoms with E-state index in [2.05, 4.69) is 10.2 Å². The Labute approximate surface area is 313 Å². The van der Waals surface area contributed by atoms with Crippen LogP contribution in [0.25, 0.3) is 11.1 Å². The van der Waals surface area contributed by atoms with E-state index in [0.29, 0.717) is 47.9 Å². The lowest BCUT2D eigenvalue weighted by atomic mass is 9.71. The average Bonchev–Trinajstić information content (AvgIpc) is 3.12. The molecule has 4 atom stereocenters. The molecule has 0 bridgehead atoms. The summed E-state index contributed by atoms with van der Waals surface area (Å²) in [5, 5.41) is 24.8. The van der Waals surface area contributed by atoms with Gasteiger partial charge in [0.2, 0.25) is 0 Å². The van der Waals surface area contributed by atoms with Crippen LogP contribution in [0.2, 0.25) is 0 Å². The number of hydrogen-bond acceptors (Lipinski definition) is 12. The van der Waals surface area contributed by atoms with Crippen molar-refractivity contribution < 1.29 is 25.9 Å². The predicted molar refractivity (Wildman–Crippen MR) is 210 cm³/mol. The van der Waals surface area contributed by atoms with E-state index in [4.69, 9.17) is 34.0 Å². The molecule has 2 aliphatic carbocycles. The van der Waals surface area contributed by atoms with Crippen LogP contribution in [-0.2, 0) is 42.6 Å². The van der Waals surface area contributed by atoms with Gasteiger partial charge in [0.15, 0.2) is 9.49 Å². The molecule has 12 N–H and O–H groups in total. The molecule has 2 aliphatic rings. The van der Waals surface area contributed by atoms with Gasteiger partial charge in [0.1, 0.15) is 11.4 Å². The Kier molecular flexibility index (Phi) is 9.98. The molecule has 0 saturated carbocycles. The minimum Gasteiger partial charge on any atom is -0.323 e. The standard InChI is InChI=1S/C38H42N8O6S2/c1-3-9-23-19-21(15-17-27(23)37(53(47,48)49)29-13-7-5-11-25(29)31(39)33(45-43)35(37)41)22-16-18-28(24(20-22)10-4-2)38(54(50,51)52)30-14-8-6-12-26(30)32(40)34(46-44)36(38)42/h5-8,11-20,35-36,39-40H,3-4,9-10,41-44H2,1-2H3,(H,47,48,49)(H,50,51,52). The first-order chi connectivity index (χ1) is 25.6. The second-order valence-corrected chi connectivity index (χ2v) is 16.7. The van der Waals surface area contributed by atoms with Crippen LogP contribution in [0.5, 0.6) is 0 Å². The first-order valence-electron chi connectivity index (χ1n) is 17.2. The Bertz CT molecular complexity index is 2330. The molecule has 0 aromatic heterocycles. The summed E-state index contributed by atoms with van der Waals surface area (Å²) in [6, 6.07) is 19.7. The fraction of sp³-hybridized carbons (Fsp3) is 0.263. The van der Waals surface area contributed by atoms with Gasteiger partial charge < -0.3 is 23.2 Å². The van der Waals surface area contributed by atoms with Crippen LogP contribution < -0.4 is 23.2 Å². The minimum absolute atomic E-state index is 0.116. The Morgan fingerprint density at radius 1 is 0.611 bits per heavy atom. The van der Waals surface area contributed by atoms with Gasteiger partial charge in [-0.1, -0.05) is 112 Å². The number of hydrazone groups is 2. The molecule has 14 nitrogen and oxygen atoms in total. The van der Waals surface area contributed by atoms with Crippen LogP contribution in [0.15, 0.2) is 95.1 Å². The van der Waals surface area contributed by atoms with Crippen LogP contribution in [0.1, 0.15) is 71.2 Å². The molecular formula is C38H42N8O6S2. The topological polar surface area (TPSA) is 285 Å². The Hall–Kier alpha value is -5.10. The predicted octanol–water partition coefficient (Wildman–Crippen LogP) is 3.57. The summed E-state index contributed by atoms with van der Waals surface area (Å²) in [7, 11) is -10.1. The van der Waals surface area contributed by atoms with Crippen molar-refractivity contribution in [1.82, 2.24) is 0 Å². The molecule has 0 fully saturated rings. The molecule has 0 aliphatic heterocycles. The Morgan fingerprint density at radius 2 is 0.963 bits per heavy atom. The smallest absolute Gasteiger partial charge is 0.281 e. The first-order valence-corrected chi connectivity index (χ1v) is 20.1. The zero-order valence-corrected chi connectivity index (χ0v) is 31.2. The van der Waals surface area contributed by atoms with Crippen molar-refractivity contribution in [3.05, 3.63) is 129 Å². The van der Waals surface area contributed by atoms with Crippen molar-refractivity contribution in [1.29, 1.82) is 10.8 Å². The van der Waals surface area contributed by atoms with Crippen LogP contribution in [0.4, 0.5) is 0 Å². The Balaban J connectivity index is 1.62. The largest absolute Gasteiger partial charge is 0.323 e. The zero-order chi connectivity index (χ0) is 39.4. The van der Waals surface area contributed by atoms with E-state index in [9.17, 15) is 25.9 Å². The highest BCUT2D eigenvalue weighted by Crippen LogP contribution is 2.49. The SMILES string of the molecule is CCCc1cc(-c2ccc(C3(S(=O)(=O)O)c4ccccc4C(=N)C(=NN)C3N)c(CCC)c2)ccc1C1(S(=O)(=O)O)c2ccccc2C(=N)C(=NN)C1N. The van der Waals surface area contributed by atoms with Crippen molar-refractivity contribution in [2.45, 2.75) is 61.1 Å². The number of hydrogen-bond donors (Lipinski definition) is 8. The van der Waals surface area contributed by atoms with Gasteiger partial charge in [-0.05, 0) is 57.3 Å². The molecular weight excluding hydrogens is 729 g/mol. The lowest BCUT2D eigenvalue weighted by Crippen LogP contribution is -2.61. The van der Waals surface area contributed by atoms with E-state index in [1.165, 1.54) is 12.1 Å². The molecule has 4 unspecified atom stereocenters. The van der Waals surface area contributed by atoms with Gasteiger partial charge >= 0.3 is 0 Å².